The minimum Gasteiger partial charge on any atom is -0.461 e. The second-order valence-electron chi connectivity index (χ2n) is 6.64. The fourth-order valence-electron chi connectivity index (χ4n) is 3.19. The Hall–Kier alpha value is -2.45. The summed E-state index contributed by atoms with van der Waals surface area (Å²) < 4.78 is 6.71. The van der Waals surface area contributed by atoms with Gasteiger partial charge in [-0.25, -0.2) is 9.55 Å². The summed E-state index contributed by atoms with van der Waals surface area (Å²) in [6, 6.07) is 0. The van der Waals surface area contributed by atoms with Gasteiger partial charge in [0.2, 0.25) is 5.91 Å². The molecule has 25 heavy (non-hydrogen) atoms. The van der Waals surface area contributed by atoms with Crippen LogP contribution in [0.1, 0.15) is 31.5 Å². The van der Waals surface area contributed by atoms with Crippen LogP contribution in [0.2, 0.25) is 0 Å². The van der Waals surface area contributed by atoms with E-state index in [2.05, 4.69) is 4.98 Å². The van der Waals surface area contributed by atoms with Crippen molar-refractivity contribution in [2.75, 3.05) is 19.7 Å². The van der Waals surface area contributed by atoms with E-state index in [0.29, 0.717) is 25.3 Å². The van der Waals surface area contributed by atoms with Crippen molar-refractivity contribution in [3.05, 3.63) is 22.1 Å². The number of aromatic nitrogens is 2. The first-order valence-electron chi connectivity index (χ1n) is 8.59. The van der Waals surface area contributed by atoms with E-state index < -0.39 is 4.92 Å². The van der Waals surface area contributed by atoms with E-state index in [-0.39, 0.29) is 42.7 Å². The highest BCUT2D eigenvalue weighted by Crippen LogP contribution is 2.32. The third kappa shape index (κ3) is 3.97. The normalized spacial score (nSPS) is 20.4. The Morgan fingerprint density at radius 1 is 1.36 bits per heavy atom. The van der Waals surface area contributed by atoms with Crippen LogP contribution in [0.15, 0.2) is 6.20 Å². The first-order valence-corrected chi connectivity index (χ1v) is 8.59. The Labute approximate surface area is 145 Å². The average Bonchev–Trinajstić information content (AvgIpc) is 3.38. The van der Waals surface area contributed by atoms with Gasteiger partial charge < -0.3 is 19.8 Å². The van der Waals surface area contributed by atoms with Crippen molar-refractivity contribution in [3.63, 3.8) is 0 Å². The summed E-state index contributed by atoms with van der Waals surface area (Å²) in [6.07, 6.45) is 4.60. The number of carbonyl (C=O) groups is 2. The van der Waals surface area contributed by atoms with Gasteiger partial charge in [-0.3, -0.25) is 9.59 Å². The van der Waals surface area contributed by atoms with Crippen LogP contribution in [-0.2, 0) is 20.9 Å². The summed E-state index contributed by atoms with van der Waals surface area (Å²) in [7, 11) is 0. The molecule has 136 valence electrons. The molecule has 2 heterocycles. The molecular formula is C16H22N4O5. The van der Waals surface area contributed by atoms with Crippen molar-refractivity contribution in [1.82, 2.24) is 14.5 Å². The van der Waals surface area contributed by atoms with Crippen molar-refractivity contribution in [2.45, 2.75) is 39.2 Å². The van der Waals surface area contributed by atoms with Crippen LogP contribution in [0, 0.1) is 28.9 Å². The SMILES string of the molecule is Cc1ncc([N+](=O)[O-])n1CCOC(=O)C1CCCN(C(=O)C2CC2)C1. The van der Waals surface area contributed by atoms with Gasteiger partial charge in [-0.15, -0.1) is 0 Å². The van der Waals surface area contributed by atoms with E-state index in [1.54, 1.807) is 11.8 Å². The fraction of sp³-hybridized carbons (Fsp3) is 0.688. The first-order chi connectivity index (χ1) is 12.0. The lowest BCUT2D eigenvalue weighted by atomic mass is 9.98. The molecule has 1 aromatic rings. The number of aryl methyl sites for hydroxylation is 1. The maximum Gasteiger partial charge on any atom is 0.342 e. The lowest BCUT2D eigenvalue weighted by molar-refractivity contribution is -0.392. The molecule has 1 atom stereocenters. The number of imidazole rings is 1. The molecule has 0 aromatic carbocycles. The second-order valence-corrected chi connectivity index (χ2v) is 6.64. The van der Waals surface area contributed by atoms with E-state index in [1.165, 1.54) is 10.8 Å². The van der Waals surface area contributed by atoms with E-state index >= 15 is 0 Å². The first kappa shape index (κ1) is 17.4. The number of piperidine rings is 1. The molecule has 1 aliphatic carbocycles. The maximum absolute atomic E-state index is 12.3. The van der Waals surface area contributed by atoms with E-state index in [4.69, 9.17) is 4.74 Å². The van der Waals surface area contributed by atoms with Crippen molar-refractivity contribution >= 4 is 17.7 Å². The van der Waals surface area contributed by atoms with E-state index in [0.717, 1.165) is 19.3 Å². The maximum atomic E-state index is 12.3. The van der Waals surface area contributed by atoms with Crippen LogP contribution in [-0.4, -0.2) is 50.9 Å². The lowest BCUT2D eigenvalue weighted by Gasteiger charge is -2.31. The highest BCUT2D eigenvalue weighted by Gasteiger charge is 2.37. The Bertz CT molecular complexity index is 682. The Balaban J connectivity index is 1.50. The topological polar surface area (TPSA) is 108 Å². The number of likely N-dealkylation sites (tertiary alicyclic amines) is 1. The predicted molar refractivity (Wildman–Crippen MR) is 86.6 cm³/mol. The number of esters is 1. The summed E-state index contributed by atoms with van der Waals surface area (Å²) in [5.74, 6) is 0.0415. The Morgan fingerprint density at radius 2 is 2.12 bits per heavy atom. The Kier molecular flexibility index (Phi) is 5.00. The summed E-state index contributed by atoms with van der Waals surface area (Å²) >= 11 is 0. The highest BCUT2D eigenvalue weighted by molar-refractivity contribution is 5.82. The van der Waals surface area contributed by atoms with Crippen molar-refractivity contribution in [3.8, 4) is 0 Å². The van der Waals surface area contributed by atoms with Crippen LogP contribution in [0.4, 0.5) is 5.82 Å². The van der Waals surface area contributed by atoms with E-state index in [1.807, 2.05) is 0 Å². The third-order valence-electron chi connectivity index (χ3n) is 4.77. The molecule has 1 amide bonds. The number of hydrogen-bond donors (Lipinski definition) is 0. The highest BCUT2D eigenvalue weighted by atomic mass is 16.6. The summed E-state index contributed by atoms with van der Waals surface area (Å²) in [5, 5.41) is 10.9. The number of hydrogen-bond acceptors (Lipinski definition) is 6. The Morgan fingerprint density at radius 3 is 2.80 bits per heavy atom. The zero-order chi connectivity index (χ0) is 18.0. The number of ether oxygens (including phenoxy) is 1. The van der Waals surface area contributed by atoms with Crippen LogP contribution >= 0.6 is 0 Å². The fourth-order valence-corrected chi connectivity index (χ4v) is 3.19. The molecule has 9 heteroatoms. The van der Waals surface area contributed by atoms with Gasteiger partial charge in [0.15, 0.2) is 5.82 Å². The molecule has 0 radical (unpaired) electrons. The van der Waals surface area contributed by atoms with Crippen LogP contribution in [0.25, 0.3) is 0 Å². The van der Waals surface area contributed by atoms with Gasteiger partial charge in [0.05, 0.1) is 5.92 Å². The molecule has 9 nitrogen and oxygen atoms in total. The van der Waals surface area contributed by atoms with Crippen LogP contribution < -0.4 is 0 Å². The zero-order valence-electron chi connectivity index (χ0n) is 14.2. The minimum atomic E-state index is -0.510. The molecule has 1 saturated heterocycles. The number of rotatable bonds is 6. The molecule has 0 bridgehead atoms. The molecule has 1 unspecified atom stereocenters. The van der Waals surface area contributed by atoms with Gasteiger partial charge in [-0.1, -0.05) is 0 Å². The van der Waals surface area contributed by atoms with Gasteiger partial charge in [-0.05, 0) is 30.6 Å². The minimum absolute atomic E-state index is 0.0456. The molecule has 0 spiro atoms. The summed E-state index contributed by atoms with van der Waals surface area (Å²) in [4.78, 5) is 40.5. The summed E-state index contributed by atoms with van der Waals surface area (Å²) in [5.41, 5.74) is 0. The van der Waals surface area contributed by atoms with Gasteiger partial charge in [0.1, 0.15) is 19.3 Å². The van der Waals surface area contributed by atoms with Gasteiger partial charge in [0, 0.05) is 25.9 Å². The van der Waals surface area contributed by atoms with E-state index in [9.17, 15) is 19.7 Å². The van der Waals surface area contributed by atoms with Crippen molar-refractivity contribution in [2.24, 2.45) is 11.8 Å². The average molecular weight is 350 g/mol. The third-order valence-corrected chi connectivity index (χ3v) is 4.77. The molecular weight excluding hydrogens is 328 g/mol. The van der Waals surface area contributed by atoms with Gasteiger partial charge in [-0.2, -0.15) is 0 Å². The van der Waals surface area contributed by atoms with Gasteiger partial charge in [0.25, 0.3) is 0 Å². The largest absolute Gasteiger partial charge is 0.461 e. The molecule has 2 aliphatic rings. The number of nitrogens with zero attached hydrogens (tertiary/aromatic N) is 4. The molecule has 3 rings (SSSR count). The second kappa shape index (κ2) is 7.20. The molecule has 0 N–H and O–H groups in total. The van der Waals surface area contributed by atoms with Crippen LogP contribution in [0.3, 0.4) is 0 Å². The molecule has 1 aliphatic heterocycles. The number of carbonyl (C=O) groups excluding carboxylic acids is 2. The summed E-state index contributed by atoms with van der Waals surface area (Å²) in [6.45, 7) is 3.02. The molecule has 1 aromatic heterocycles. The monoisotopic (exact) mass is 350 g/mol. The predicted octanol–water partition coefficient (Wildman–Crippen LogP) is 1.29. The lowest BCUT2D eigenvalue weighted by Crippen LogP contribution is -2.43. The van der Waals surface area contributed by atoms with Crippen molar-refractivity contribution in [1.29, 1.82) is 0 Å². The standard InChI is InChI=1S/C16H22N4O5/c1-11-17-9-14(20(23)24)19(11)7-8-25-16(22)13-3-2-6-18(10-13)15(21)12-4-5-12/h9,12-13H,2-8,10H2,1H3. The van der Waals surface area contributed by atoms with Crippen LogP contribution in [0.5, 0.6) is 0 Å². The van der Waals surface area contributed by atoms with Crippen molar-refractivity contribution < 1.29 is 19.2 Å². The molecule has 1 saturated carbocycles. The number of nitro groups is 1. The molecule has 2 fully saturated rings. The quantitative estimate of drug-likeness (QED) is 0.435. The smallest absolute Gasteiger partial charge is 0.342 e. The number of amides is 1. The van der Waals surface area contributed by atoms with Gasteiger partial charge >= 0.3 is 11.8 Å². The zero-order valence-corrected chi connectivity index (χ0v) is 14.2.